The maximum Gasteiger partial charge on any atom is 0.213 e. The van der Waals surface area contributed by atoms with Gasteiger partial charge in [-0.05, 0) is 49.2 Å². The predicted octanol–water partition coefficient (Wildman–Crippen LogP) is 4.62. The first-order chi connectivity index (χ1) is 11.2. The predicted molar refractivity (Wildman–Crippen MR) is 94.1 cm³/mol. The van der Waals surface area contributed by atoms with Gasteiger partial charge < -0.3 is 0 Å². The molecule has 0 radical (unpaired) electrons. The lowest BCUT2D eigenvalue weighted by Crippen LogP contribution is -1.83. The highest BCUT2D eigenvalue weighted by molar-refractivity contribution is 8.01. The zero-order valence-corrected chi connectivity index (χ0v) is 14.4. The molecule has 0 spiro atoms. The highest BCUT2D eigenvalue weighted by atomic mass is 32.2. The van der Waals surface area contributed by atoms with Crippen molar-refractivity contribution >= 4 is 28.1 Å². The standard InChI is InChI=1S/C17H14N4S2/c1-11-5-6-14(8-12(11)2)22-17-20-21-10-15(19-16(21)23-17)13-4-3-7-18-9-13/h3-10H,1-2H3. The smallest absolute Gasteiger partial charge is 0.213 e. The second-order valence-corrected chi connectivity index (χ2v) is 7.59. The Bertz CT molecular complexity index is 941. The Labute approximate surface area is 142 Å². The third kappa shape index (κ3) is 2.87. The molecular weight excluding hydrogens is 324 g/mol. The zero-order chi connectivity index (χ0) is 15.8. The minimum Gasteiger partial charge on any atom is -0.264 e. The second-order valence-electron chi connectivity index (χ2n) is 5.31. The minimum absolute atomic E-state index is 0.898. The van der Waals surface area contributed by atoms with E-state index < -0.39 is 0 Å². The lowest BCUT2D eigenvalue weighted by molar-refractivity contribution is 0.915. The normalized spacial score (nSPS) is 11.2. The fourth-order valence-corrected chi connectivity index (χ4v) is 4.25. The van der Waals surface area contributed by atoms with Crippen molar-refractivity contribution in [3.8, 4) is 11.3 Å². The Balaban J connectivity index is 1.62. The van der Waals surface area contributed by atoms with E-state index in [-0.39, 0.29) is 0 Å². The van der Waals surface area contributed by atoms with Gasteiger partial charge in [0.25, 0.3) is 0 Å². The maximum atomic E-state index is 4.64. The van der Waals surface area contributed by atoms with Crippen molar-refractivity contribution in [2.45, 2.75) is 23.1 Å². The SMILES string of the molecule is Cc1ccc(Sc2nn3cc(-c4cccnc4)nc3s2)cc1C. The van der Waals surface area contributed by atoms with Gasteiger partial charge >= 0.3 is 0 Å². The molecule has 23 heavy (non-hydrogen) atoms. The summed E-state index contributed by atoms with van der Waals surface area (Å²) in [5, 5.41) is 4.62. The fourth-order valence-electron chi connectivity index (χ4n) is 2.25. The molecule has 0 N–H and O–H groups in total. The molecule has 0 fully saturated rings. The molecule has 4 nitrogen and oxygen atoms in total. The molecule has 3 aromatic heterocycles. The van der Waals surface area contributed by atoms with Crippen LogP contribution < -0.4 is 0 Å². The number of nitrogens with zero attached hydrogens (tertiary/aromatic N) is 4. The maximum absolute atomic E-state index is 4.64. The van der Waals surface area contributed by atoms with Gasteiger partial charge in [0, 0.05) is 22.9 Å². The van der Waals surface area contributed by atoms with Gasteiger partial charge in [-0.1, -0.05) is 29.2 Å². The monoisotopic (exact) mass is 338 g/mol. The van der Waals surface area contributed by atoms with E-state index in [0.29, 0.717) is 0 Å². The fraction of sp³-hybridized carbons (Fsp3) is 0.118. The number of imidazole rings is 1. The van der Waals surface area contributed by atoms with Crippen LogP contribution in [0.4, 0.5) is 0 Å². The van der Waals surface area contributed by atoms with Crippen molar-refractivity contribution in [3.63, 3.8) is 0 Å². The van der Waals surface area contributed by atoms with Crippen LogP contribution >= 0.6 is 23.1 Å². The molecule has 114 valence electrons. The first-order valence-corrected chi connectivity index (χ1v) is 8.84. The van der Waals surface area contributed by atoms with Gasteiger partial charge in [0.2, 0.25) is 4.96 Å². The van der Waals surface area contributed by atoms with Crippen LogP contribution in [0.2, 0.25) is 0 Å². The number of benzene rings is 1. The van der Waals surface area contributed by atoms with Crippen LogP contribution in [0.3, 0.4) is 0 Å². The second kappa shape index (κ2) is 5.79. The number of hydrogen-bond donors (Lipinski definition) is 0. The van der Waals surface area contributed by atoms with Crippen LogP contribution in [0.25, 0.3) is 16.2 Å². The number of fused-ring (bicyclic) bond motifs is 1. The Morgan fingerprint density at radius 1 is 1.13 bits per heavy atom. The lowest BCUT2D eigenvalue weighted by atomic mass is 10.1. The van der Waals surface area contributed by atoms with E-state index in [9.17, 15) is 0 Å². The number of pyridine rings is 1. The molecule has 0 amide bonds. The largest absolute Gasteiger partial charge is 0.264 e. The Kier molecular flexibility index (Phi) is 3.63. The van der Waals surface area contributed by atoms with E-state index in [2.05, 4.69) is 47.1 Å². The molecule has 4 rings (SSSR count). The van der Waals surface area contributed by atoms with Gasteiger partial charge in [0.1, 0.15) is 0 Å². The molecule has 1 aromatic carbocycles. The molecule has 0 bridgehead atoms. The van der Waals surface area contributed by atoms with Crippen molar-refractivity contribution < 1.29 is 0 Å². The third-order valence-corrected chi connectivity index (χ3v) is 5.63. The highest BCUT2D eigenvalue weighted by Gasteiger charge is 2.11. The van der Waals surface area contributed by atoms with Gasteiger partial charge in [-0.3, -0.25) is 4.98 Å². The first kappa shape index (κ1) is 14.4. The molecule has 3 heterocycles. The van der Waals surface area contributed by atoms with Crippen molar-refractivity contribution in [2.75, 3.05) is 0 Å². The van der Waals surface area contributed by atoms with Crippen LogP contribution in [0.1, 0.15) is 11.1 Å². The van der Waals surface area contributed by atoms with E-state index >= 15 is 0 Å². The Morgan fingerprint density at radius 3 is 2.78 bits per heavy atom. The Hall–Kier alpha value is -2.18. The van der Waals surface area contributed by atoms with E-state index in [1.165, 1.54) is 16.0 Å². The number of aromatic nitrogens is 4. The van der Waals surface area contributed by atoms with Gasteiger partial charge in [-0.15, -0.1) is 5.10 Å². The van der Waals surface area contributed by atoms with Gasteiger partial charge in [-0.25, -0.2) is 9.50 Å². The van der Waals surface area contributed by atoms with Gasteiger partial charge in [0.15, 0.2) is 4.34 Å². The van der Waals surface area contributed by atoms with Crippen LogP contribution in [0.15, 0.2) is 58.2 Å². The summed E-state index contributed by atoms with van der Waals surface area (Å²) in [5.41, 5.74) is 4.52. The summed E-state index contributed by atoms with van der Waals surface area (Å²) >= 11 is 3.28. The summed E-state index contributed by atoms with van der Waals surface area (Å²) in [6, 6.07) is 10.4. The quantitative estimate of drug-likeness (QED) is 0.547. The molecule has 0 aliphatic rings. The molecule has 6 heteroatoms. The average Bonchev–Trinajstić information content (AvgIpc) is 3.10. The van der Waals surface area contributed by atoms with E-state index in [1.807, 2.05) is 29.0 Å². The number of rotatable bonds is 3. The third-order valence-electron chi connectivity index (χ3n) is 3.67. The number of aryl methyl sites for hydroxylation is 2. The lowest BCUT2D eigenvalue weighted by Gasteiger charge is -2.02. The molecule has 4 aromatic rings. The minimum atomic E-state index is 0.898. The summed E-state index contributed by atoms with van der Waals surface area (Å²) in [4.78, 5) is 10.9. The summed E-state index contributed by atoms with van der Waals surface area (Å²) in [7, 11) is 0. The zero-order valence-electron chi connectivity index (χ0n) is 12.7. The van der Waals surface area contributed by atoms with E-state index in [0.717, 1.165) is 20.6 Å². The molecule has 0 aliphatic carbocycles. The van der Waals surface area contributed by atoms with Gasteiger partial charge in [-0.2, -0.15) is 0 Å². The van der Waals surface area contributed by atoms with Crippen molar-refractivity contribution in [1.82, 2.24) is 19.6 Å². The van der Waals surface area contributed by atoms with Crippen LogP contribution in [-0.4, -0.2) is 19.6 Å². The van der Waals surface area contributed by atoms with Gasteiger partial charge in [0.05, 0.1) is 11.9 Å². The highest BCUT2D eigenvalue weighted by Crippen LogP contribution is 2.33. The van der Waals surface area contributed by atoms with Crippen LogP contribution in [-0.2, 0) is 0 Å². The summed E-state index contributed by atoms with van der Waals surface area (Å²) < 4.78 is 2.84. The summed E-state index contributed by atoms with van der Waals surface area (Å²) in [5.74, 6) is 0. The Morgan fingerprint density at radius 2 is 2.04 bits per heavy atom. The van der Waals surface area contributed by atoms with Crippen LogP contribution in [0, 0.1) is 13.8 Å². The molecule has 0 unspecified atom stereocenters. The first-order valence-electron chi connectivity index (χ1n) is 7.21. The molecule has 0 saturated heterocycles. The average molecular weight is 338 g/mol. The molecular formula is C17H14N4S2. The summed E-state index contributed by atoms with van der Waals surface area (Å²) in [6.45, 7) is 4.26. The van der Waals surface area contributed by atoms with Crippen molar-refractivity contribution in [1.29, 1.82) is 0 Å². The summed E-state index contributed by atoms with van der Waals surface area (Å²) in [6.07, 6.45) is 5.53. The molecule has 0 atom stereocenters. The molecule has 0 aliphatic heterocycles. The topological polar surface area (TPSA) is 43.1 Å². The van der Waals surface area contributed by atoms with Crippen molar-refractivity contribution in [2.24, 2.45) is 0 Å². The number of hydrogen-bond acceptors (Lipinski definition) is 5. The van der Waals surface area contributed by atoms with Crippen molar-refractivity contribution in [3.05, 3.63) is 60.0 Å². The van der Waals surface area contributed by atoms with Crippen LogP contribution in [0.5, 0.6) is 0 Å². The van der Waals surface area contributed by atoms with E-state index in [4.69, 9.17) is 0 Å². The molecule has 0 saturated carbocycles. The van der Waals surface area contributed by atoms with E-state index in [1.54, 1.807) is 29.3 Å².